The van der Waals surface area contributed by atoms with Crippen LogP contribution in [0.1, 0.15) is 98.3 Å². The third-order valence-electron chi connectivity index (χ3n) is 7.63. The molecule has 0 amide bonds. The van der Waals surface area contributed by atoms with E-state index in [1.165, 1.54) is 0 Å². The van der Waals surface area contributed by atoms with Gasteiger partial charge >= 0.3 is 10.1 Å². The fourth-order valence-corrected chi connectivity index (χ4v) is 4.36. The molecular formula is C27H36F4O4S. The van der Waals surface area contributed by atoms with Crippen LogP contribution in [0.3, 0.4) is 0 Å². The Balaban J connectivity index is 3.05. The molecule has 0 saturated heterocycles. The first-order valence-corrected chi connectivity index (χ1v) is 13.4. The van der Waals surface area contributed by atoms with Crippen molar-refractivity contribution in [1.82, 2.24) is 0 Å². The van der Waals surface area contributed by atoms with Crippen molar-refractivity contribution in [1.29, 1.82) is 0 Å². The predicted molar refractivity (Wildman–Crippen MR) is 133 cm³/mol. The van der Waals surface area contributed by atoms with Crippen molar-refractivity contribution >= 4 is 10.1 Å². The highest BCUT2D eigenvalue weighted by Gasteiger charge is 2.37. The summed E-state index contributed by atoms with van der Waals surface area (Å²) in [4.78, 5) is -2.10. The normalized spacial score (nSPS) is 13.3. The first-order valence-electron chi connectivity index (χ1n) is 12.0. The quantitative estimate of drug-likeness (QED) is 0.200. The first kappa shape index (κ1) is 30.1. The minimum Gasteiger partial charge on any atom is -0.450 e. The summed E-state index contributed by atoms with van der Waals surface area (Å²) in [5, 5.41) is 0. The molecular weight excluding hydrogens is 496 g/mol. The van der Waals surface area contributed by atoms with Crippen LogP contribution in [0, 0.1) is 23.3 Å². The summed E-state index contributed by atoms with van der Waals surface area (Å²) in [6.07, 6.45) is 2.03. The predicted octanol–water partition coefficient (Wildman–Crippen LogP) is 8.34. The Morgan fingerprint density at radius 1 is 0.694 bits per heavy atom. The van der Waals surface area contributed by atoms with Crippen molar-refractivity contribution in [2.75, 3.05) is 0 Å². The van der Waals surface area contributed by atoms with Crippen LogP contribution in [-0.4, -0.2) is 13.0 Å². The number of hydrogen-bond acceptors (Lipinski definition) is 3. The van der Waals surface area contributed by atoms with Crippen molar-refractivity contribution in [3.63, 3.8) is 0 Å². The molecule has 4 nitrogen and oxygen atoms in total. The van der Waals surface area contributed by atoms with Crippen molar-refractivity contribution in [2.24, 2.45) is 0 Å². The van der Waals surface area contributed by atoms with Gasteiger partial charge in [-0.2, -0.15) is 17.2 Å². The molecule has 0 aliphatic heterocycles. The molecule has 0 unspecified atom stereocenters. The van der Waals surface area contributed by atoms with Gasteiger partial charge in [-0.1, -0.05) is 74.4 Å². The largest absolute Gasteiger partial charge is 0.450 e. The van der Waals surface area contributed by atoms with Crippen LogP contribution >= 0.6 is 0 Å². The van der Waals surface area contributed by atoms with Gasteiger partial charge in [0.05, 0.1) is 0 Å². The van der Waals surface area contributed by atoms with Gasteiger partial charge in [0.15, 0.2) is 16.5 Å². The molecule has 0 spiro atoms. The van der Waals surface area contributed by atoms with Crippen LogP contribution in [-0.2, 0) is 26.4 Å². The van der Waals surface area contributed by atoms with E-state index in [4.69, 9.17) is 9.29 Å². The van der Waals surface area contributed by atoms with E-state index in [2.05, 4.69) is 13.8 Å². The van der Waals surface area contributed by atoms with Gasteiger partial charge in [-0.15, -0.1) is 0 Å². The highest BCUT2D eigenvalue weighted by molar-refractivity contribution is 7.85. The summed E-state index contributed by atoms with van der Waals surface area (Å²) in [5.41, 5.74) is 0.795. The number of benzene rings is 2. The minimum atomic E-state index is -5.58. The zero-order valence-corrected chi connectivity index (χ0v) is 23.2. The first-order chi connectivity index (χ1) is 16.3. The third kappa shape index (κ3) is 5.42. The zero-order chi connectivity index (χ0) is 28.0. The minimum absolute atomic E-state index is 0.0561. The molecule has 0 aliphatic carbocycles. The lowest BCUT2D eigenvalue weighted by molar-refractivity contribution is 0.333. The molecule has 0 heterocycles. The maximum absolute atomic E-state index is 15.0. The SMILES string of the molecule is CCC(C)(C)c1cc(C(C)(C)CC)c(Oc2c(F)c(F)c(S(=O)(=O)O)c(F)c2F)c(C(C)(C)CC)c1. The lowest BCUT2D eigenvalue weighted by atomic mass is 9.71. The number of ether oxygens (including phenoxy) is 1. The Bertz CT molecular complexity index is 1200. The fraction of sp³-hybridized carbons (Fsp3) is 0.556. The van der Waals surface area contributed by atoms with E-state index < -0.39 is 54.9 Å². The number of rotatable bonds is 9. The second-order valence-electron chi connectivity index (χ2n) is 11.1. The van der Waals surface area contributed by atoms with E-state index in [-0.39, 0.29) is 11.2 Å². The van der Waals surface area contributed by atoms with Crippen LogP contribution in [0.15, 0.2) is 17.0 Å². The lowest BCUT2D eigenvalue weighted by Crippen LogP contribution is -2.26. The molecule has 2 aromatic carbocycles. The Hall–Kier alpha value is -2.13. The maximum Gasteiger partial charge on any atom is 0.300 e. The average molecular weight is 533 g/mol. The monoisotopic (exact) mass is 532 g/mol. The van der Waals surface area contributed by atoms with Gasteiger partial charge < -0.3 is 4.74 Å². The van der Waals surface area contributed by atoms with Crippen LogP contribution in [0.2, 0.25) is 0 Å². The van der Waals surface area contributed by atoms with Crippen molar-refractivity contribution in [2.45, 2.75) is 103 Å². The summed E-state index contributed by atoms with van der Waals surface area (Å²) in [7, 11) is -5.58. The Morgan fingerprint density at radius 3 is 1.36 bits per heavy atom. The second kappa shape index (κ2) is 9.97. The number of hydrogen-bond donors (Lipinski definition) is 1. The summed E-state index contributed by atoms with van der Waals surface area (Å²) < 4.78 is 96.6. The van der Waals surface area contributed by atoms with Gasteiger partial charge in [-0.3, -0.25) is 4.55 Å². The van der Waals surface area contributed by atoms with Crippen molar-refractivity contribution < 1.29 is 35.3 Å². The van der Waals surface area contributed by atoms with E-state index in [1.807, 2.05) is 60.6 Å². The van der Waals surface area contributed by atoms with E-state index in [0.29, 0.717) is 24.0 Å². The third-order valence-corrected chi connectivity index (χ3v) is 8.50. The van der Waals surface area contributed by atoms with Gasteiger partial charge in [0.2, 0.25) is 17.4 Å². The molecule has 0 atom stereocenters. The molecule has 0 aliphatic rings. The van der Waals surface area contributed by atoms with Crippen LogP contribution < -0.4 is 4.74 Å². The van der Waals surface area contributed by atoms with E-state index in [0.717, 1.165) is 12.0 Å². The van der Waals surface area contributed by atoms with Gasteiger partial charge in [0.1, 0.15) is 5.75 Å². The smallest absolute Gasteiger partial charge is 0.300 e. The van der Waals surface area contributed by atoms with Crippen LogP contribution in [0.5, 0.6) is 11.5 Å². The summed E-state index contributed by atoms with van der Waals surface area (Å²) in [6.45, 7) is 17.8. The van der Waals surface area contributed by atoms with E-state index in [1.54, 1.807) is 0 Å². The molecule has 2 aromatic rings. The molecule has 1 N–H and O–H groups in total. The molecule has 9 heteroatoms. The standard InChI is InChI=1S/C27H36F4O4S/c1-10-25(4,5)15-13-16(26(6,7)11-2)22(17(14-15)27(8,9)12-3)35-23-18(28)20(30)24(36(32,33)34)21(31)19(23)29/h13-14H,10-12H2,1-9H3,(H,32,33,34). The molecule has 36 heavy (non-hydrogen) atoms. The summed E-state index contributed by atoms with van der Waals surface area (Å²) >= 11 is 0. The molecule has 0 radical (unpaired) electrons. The molecule has 0 fully saturated rings. The fourth-order valence-electron chi connectivity index (χ4n) is 3.73. The van der Waals surface area contributed by atoms with Gasteiger partial charge in [0.25, 0.3) is 0 Å². The average Bonchev–Trinajstić information content (AvgIpc) is 2.79. The zero-order valence-electron chi connectivity index (χ0n) is 22.4. The van der Waals surface area contributed by atoms with Crippen molar-refractivity contribution in [3.8, 4) is 11.5 Å². The molecule has 0 bridgehead atoms. The molecule has 0 aromatic heterocycles. The summed E-state index contributed by atoms with van der Waals surface area (Å²) in [6, 6.07) is 3.79. The van der Waals surface area contributed by atoms with E-state index in [9.17, 15) is 26.0 Å². The van der Waals surface area contributed by atoms with Crippen LogP contribution in [0.25, 0.3) is 0 Å². The molecule has 2 rings (SSSR count). The maximum atomic E-state index is 15.0. The Kier molecular flexibility index (Phi) is 8.33. The van der Waals surface area contributed by atoms with Gasteiger partial charge in [-0.25, -0.2) is 8.78 Å². The van der Waals surface area contributed by atoms with Crippen molar-refractivity contribution in [3.05, 3.63) is 52.1 Å². The van der Waals surface area contributed by atoms with Gasteiger partial charge in [-0.05, 0) is 41.1 Å². The Labute approximate surface area is 211 Å². The molecule has 0 saturated carbocycles. The Morgan fingerprint density at radius 2 is 1.06 bits per heavy atom. The van der Waals surface area contributed by atoms with Crippen LogP contribution in [0.4, 0.5) is 17.6 Å². The van der Waals surface area contributed by atoms with Gasteiger partial charge in [0, 0.05) is 11.1 Å². The summed E-state index contributed by atoms with van der Waals surface area (Å²) in [5.74, 6) is -9.99. The topological polar surface area (TPSA) is 63.6 Å². The highest BCUT2D eigenvalue weighted by Crippen LogP contribution is 2.48. The molecule has 202 valence electrons. The van der Waals surface area contributed by atoms with E-state index >= 15 is 0 Å². The lowest BCUT2D eigenvalue weighted by Gasteiger charge is -2.36. The number of halogens is 4. The highest BCUT2D eigenvalue weighted by atomic mass is 32.2. The second-order valence-corrected chi connectivity index (χ2v) is 12.5.